The topological polar surface area (TPSA) is 196 Å². The van der Waals surface area contributed by atoms with Crippen LogP contribution in [0, 0.1) is 0 Å². The van der Waals surface area contributed by atoms with Gasteiger partial charge in [0.05, 0.1) is 11.9 Å². The predicted molar refractivity (Wildman–Crippen MR) is 304 cm³/mol. The minimum Gasteiger partial charge on any atom is -0.489 e. The van der Waals surface area contributed by atoms with Gasteiger partial charge in [0, 0.05) is 41.1 Å². The molecule has 5 aromatic rings. The van der Waals surface area contributed by atoms with Crippen molar-refractivity contribution in [3.8, 4) is 11.5 Å². The fourth-order valence-corrected chi connectivity index (χ4v) is 9.52. The van der Waals surface area contributed by atoms with Crippen molar-refractivity contribution in [2.24, 2.45) is 10.7 Å². The number of carbonyl (C=O) groups is 3. The summed E-state index contributed by atoms with van der Waals surface area (Å²) in [6, 6.07) is 30.6. The number of thioether (sulfide) groups is 1. The first kappa shape index (κ1) is 56.8. The minimum atomic E-state index is -0.503. The molecule has 71 heavy (non-hydrogen) atoms. The van der Waals surface area contributed by atoms with Crippen molar-refractivity contribution >= 4 is 111 Å². The fraction of sp³-hybridized carbons (Fsp3) is 0.385. The molecule has 0 radical (unpaired) electrons. The summed E-state index contributed by atoms with van der Waals surface area (Å²) in [6.07, 6.45) is 5.70. The van der Waals surface area contributed by atoms with Gasteiger partial charge in [0.15, 0.2) is 21.2 Å². The predicted octanol–water partition coefficient (Wildman–Crippen LogP) is 11.3. The zero-order valence-corrected chi connectivity index (χ0v) is 46.2. The van der Waals surface area contributed by atoms with Crippen LogP contribution in [0.1, 0.15) is 97.0 Å². The van der Waals surface area contributed by atoms with Crippen LogP contribution in [0.4, 0.5) is 27.1 Å². The Bertz CT molecular complexity index is 2550. The van der Waals surface area contributed by atoms with Crippen molar-refractivity contribution < 1.29 is 28.6 Å². The molecule has 3 atom stereocenters. The van der Waals surface area contributed by atoms with Crippen molar-refractivity contribution in [3.63, 3.8) is 0 Å². The van der Waals surface area contributed by atoms with Crippen molar-refractivity contribution in [3.05, 3.63) is 124 Å². The second-order valence-corrected chi connectivity index (χ2v) is 21.5. The SMILES string of the molecule is CC(C)(C)OC(=O)N1CCCC(Oc2ccc(NC(=S)N=C(N)SCP)cc2)C1.CCc1cccc(C(=O)CBr)c1.CCc1cccc(C(=O)c2sc(Nc3ccc(OC4CCCNC4)cc3)nc2N)c1. The Morgan fingerprint density at radius 1 is 0.915 bits per heavy atom. The Labute approximate surface area is 442 Å². The monoisotopic (exact) mass is 1100 g/mol. The molecule has 2 fully saturated rings. The van der Waals surface area contributed by atoms with Crippen molar-refractivity contribution in [2.45, 2.75) is 91.0 Å². The Morgan fingerprint density at radius 3 is 2.11 bits per heavy atom. The number of amides is 1. The lowest BCUT2D eigenvalue weighted by Gasteiger charge is -2.34. The average molecular weight is 1110 g/mol. The van der Waals surface area contributed by atoms with E-state index in [1.807, 2.05) is 118 Å². The number of ether oxygens (including phenoxy) is 3. The highest BCUT2D eigenvalue weighted by Crippen LogP contribution is 2.31. The number of alkyl halides is 1. The van der Waals surface area contributed by atoms with Crippen molar-refractivity contribution in [1.82, 2.24) is 15.2 Å². The number of piperidine rings is 2. The van der Waals surface area contributed by atoms with E-state index in [0.29, 0.717) is 44.3 Å². The number of nitrogens with zero attached hydrogens (tertiary/aromatic N) is 3. The molecule has 0 bridgehead atoms. The second kappa shape index (κ2) is 28.8. The highest BCUT2D eigenvalue weighted by molar-refractivity contribution is 9.09. The third-order valence-corrected chi connectivity index (χ3v) is 13.5. The summed E-state index contributed by atoms with van der Waals surface area (Å²) in [5, 5.41) is 11.3. The Morgan fingerprint density at radius 2 is 1.52 bits per heavy atom. The number of likely N-dealkylation sites (tertiary alicyclic amines) is 1. The van der Waals surface area contributed by atoms with Gasteiger partial charge in [0.1, 0.15) is 40.0 Å². The summed E-state index contributed by atoms with van der Waals surface area (Å²) in [4.78, 5) is 47.0. The third-order valence-electron chi connectivity index (χ3n) is 10.8. The lowest BCUT2D eigenvalue weighted by Crippen LogP contribution is -2.46. The molecule has 4 aromatic carbocycles. The summed E-state index contributed by atoms with van der Waals surface area (Å²) < 4.78 is 17.5. The highest BCUT2D eigenvalue weighted by Gasteiger charge is 2.29. The molecule has 0 aliphatic carbocycles. The lowest BCUT2D eigenvalue weighted by atomic mass is 10.1. The summed E-state index contributed by atoms with van der Waals surface area (Å²) in [5.41, 5.74) is 17.5. The van der Waals surface area contributed by atoms with Gasteiger partial charge in [-0.05, 0) is 150 Å². The number of anilines is 4. The molecule has 2 aliphatic heterocycles. The molecule has 1 aromatic heterocycles. The second-order valence-electron chi connectivity index (χ2n) is 17.5. The first-order chi connectivity index (χ1) is 34.1. The van der Waals surface area contributed by atoms with E-state index in [1.165, 1.54) is 28.7 Å². The van der Waals surface area contributed by atoms with Crippen molar-refractivity contribution in [2.75, 3.05) is 53.4 Å². The van der Waals surface area contributed by atoms with Crippen LogP contribution >= 0.6 is 60.5 Å². The standard InChI is InChI=1S/C23H26N4O2S.C19H29N4O3PS2.C10H11BrO/c1-2-15-5-3-6-16(13-15)20(28)21-22(24)27-23(30-21)26-17-8-10-18(11-9-17)29-19-7-4-12-25-14-19;1-19(2,3)26-18(24)23-10-4-5-15(11-23)25-14-8-6-13(7-9-14)21-17(28)22-16(20)29-12-27;1-2-8-4-3-5-9(6-8)10(12)7-11/h3,5-6,8-11,13,19,25H,2,4,7,12,14,24H2,1H3,(H,26,27);6-9,15H,4-5,10-12,27H2,1-3H3,(H3,20,21,22,28);3-6H,2,7H2,1H3. The van der Waals surface area contributed by atoms with Crippen LogP contribution in [-0.4, -0.2) is 92.6 Å². The molecule has 2 saturated heterocycles. The molecule has 7 N–H and O–H groups in total. The molecule has 3 heterocycles. The number of halogens is 1. The summed E-state index contributed by atoms with van der Waals surface area (Å²) in [7, 11) is 2.57. The zero-order valence-electron chi connectivity index (χ0n) is 41.0. The van der Waals surface area contributed by atoms with Gasteiger partial charge in [0.2, 0.25) is 5.78 Å². The van der Waals surface area contributed by atoms with Crippen LogP contribution in [-0.2, 0) is 17.6 Å². The van der Waals surface area contributed by atoms with Crippen LogP contribution in [0.2, 0.25) is 0 Å². The van der Waals surface area contributed by atoms with Crippen molar-refractivity contribution in [1.29, 1.82) is 0 Å². The number of ketones is 2. The van der Waals surface area contributed by atoms with Crippen LogP contribution in [0.5, 0.6) is 11.5 Å². The first-order valence-corrected chi connectivity index (χ1v) is 27.8. The number of nitrogens with one attached hydrogen (secondary N) is 3. The van der Waals surface area contributed by atoms with Crippen LogP contribution in [0.15, 0.2) is 102 Å². The lowest BCUT2D eigenvalue weighted by molar-refractivity contribution is 0.00775. The average Bonchev–Trinajstić information content (AvgIpc) is 3.74. The van der Waals surface area contributed by atoms with E-state index in [0.717, 1.165) is 91.1 Å². The Kier molecular flexibility index (Phi) is 23.1. The number of hydrogen-bond donors (Lipinski definition) is 5. The minimum absolute atomic E-state index is 0.0653. The summed E-state index contributed by atoms with van der Waals surface area (Å²) in [6.45, 7) is 12.9. The molecule has 14 nitrogen and oxygen atoms in total. The molecule has 7 rings (SSSR count). The molecule has 3 unspecified atom stereocenters. The van der Waals surface area contributed by atoms with Gasteiger partial charge in [-0.2, -0.15) is 4.99 Å². The Balaban J connectivity index is 0.000000215. The van der Waals surface area contributed by atoms with Gasteiger partial charge in [0.25, 0.3) is 0 Å². The number of thiazole rings is 1. The molecule has 0 spiro atoms. The van der Waals surface area contributed by atoms with Gasteiger partial charge in [-0.3, -0.25) is 9.59 Å². The van der Waals surface area contributed by atoms with E-state index >= 15 is 0 Å². The number of nitrogens with two attached hydrogens (primary N) is 2. The molecule has 1 amide bonds. The number of aryl methyl sites for hydroxylation is 2. The largest absolute Gasteiger partial charge is 0.489 e. The van der Waals surface area contributed by atoms with Gasteiger partial charge in [-0.15, -0.1) is 9.24 Å². The number of nitrogen functional groups attached to an aromatic ring is 1. The molecular formula is C52H66BrN8O6PS3. The van der Waals surface area contributed by atoms with Crippen LogP contribution in [0.25, 0.3) is 0 Å². The number of amidine groups is 1. The number of hydrogen-bond acceptors (Lipinski definition) is 13. The number of thiocarbonyl (C=S) groups is 1. The maximum absolute atomic E-state index is 12.9. The number of Topliss-reactive ketones (excluding diaryl/α,β-unsaturated/α-hetero) is 1. The van der Waals surface area contributed by atoms with E-state index in [9.17, 15) is 14.4 Å². The third kappa shape index (κ3) is 19.4. The normalized spacial score (nSPS) is 15.7. The summed E-state index contributed by atoms with van der Waals surface area (Å²) >= 11 is 11.0. The number of rotatable bonds is 14. The molecule has 2 aliphatic rings. The van der Waals surface area contributed by atoms with E-state index in [-0.39, 0.29) is 35.7 Å². The van der Waals surface area contributed by atoms with Gasteiger partial charge in [-0.1, -0.05) is 89.3 Å². The van der Waals surface area contributed by atoms with Gasteiger partial charge in [-0.25, -0.2) is 9.78 Å². The van der Waals surface area contributed by atoms with Gasteiger partial charge >= 0.3 is 6.09 Å². The van der Waals surface area contributed by atoms with E-state index in [2.05, 4.69) is 64.9 Å². The molecule has 380 valence electrons. The zero-order chi connectivity index (χ0) is 51.3. The number of benzene rings is 4. The van der Waals surface area contributed by atoms with E-state index in [1.54, 1.807) is 4.90 Å². The maximum atomic E-state index is 12.9. The van der Waals surface area contributed by atoms with Crippen LogP contribution in [0.3, 0.4) is 0 Å². The maximum Gasteiger partial charge on any atom is 0.410 e. The Hall–Kier alpha value is -5.10. The number of carbonyl (C=O) groups excluding carboxylic acids is 3. The first-order valence-electron chi connectivity index (χ1n) is 23.6. The number of aromatic nitrogens is 1. The van der Waals surface area contributed by atoms with Gasteiger partial charge < -0.3 is 46.5 Å². The quantitative estimate of drug-likeness (QED) is 0.0176. The highest BCUT2D eigenvalue weighted by atomic mass is 79.9. The van der Waals surface area contributed by atoms with E-state index in [4.69, 9.17) is 37.9 Å². The number of aliphatic imine (C=N–C) groups is 1. The fourth-order valence-electron chi connectivity index (χ4n) is 7.21. The smallest absolute Gasteiger partial charge is 0.410 e. The molecular weight excluding hydrogens is 1040 g/mol. The molecule has 0 saturated carbocycles. The van der Waals surface area contributed by atoms with Crippen LogP contribution < -0.4 is 36.9 Å². The van der Waals surface area contributed by atoms with E-state index < -0.39 is 5.60 Å². The molecule has 19 heteroatoms. The summed E-state index contributed by atoms with van der Waals surface area (Å²) in [5.74, 6) is 1.88.